The van der Waals surface area contributed by atoms with Gasteiger partial charge in [0.25, 0.3) is 0 Å². The van der Waals surface area contributed by atoms with Crippen molar-refractivity contribution in [2.75, 3.05) is 6.61 Å². The largest absolute Gasteiger partial charge is 0.492 e. The first-order chi connectivity index (χ1) is 13.6. The van der Waals surface area contributed by atoms with Crippen LogP contribution in [0.15, 0.2) is 49.0 Å². The van der Waals surface area contributed by atoms with Gasteiger partial charge in [0.2, 0.25) is 0 Å². The van der Waals surface area contributed by atoms with Crippen LogP contribution in [0, 0.1) is 0 Å². The van der Waals surface area contributed by atoms with Gasteiger partial charge in [-0.05, 0) is 42.7 Å². The van der Waals surface area contributed by atoms with E-state index in [1.807, 2.05) is 41.9 Å². The monoisotopic (exact) mass is 448 g/mol. The number of halogens is 3. The molecule has 1 aromatic heterocycles. The van der Waals surface area contributed by atoms with Crippen LogP contribution in [0.1, 0.15) is 39.0 Å². The van der Waals surface area contributed by atoms with E-state index in [1.54, 1.807) is 12.1 Å². The molecule has 0 aliphatic heterocycles. The van der Waals surface area contributed by atoms with Crippen molar-refractivity contribution in [1.29, 1.82) is 0 Å². The Kier molecular flexibility index (Phi) is 6.33. The Bertz CT molecular complexity index is 1050. The van der Waals surface area contributed by atoms with Crippen LogP contribution >= 0.6 is 34.8 Å². The maximum Gasteiger partial charge on any atom is 0.139 e. The summed E-state index contributed by atoms with van der Waals surface area (Å²) in [5.74, 6) is 0.525. The average molecular weight is 450 g/mol. The molecule has 1 heterocycles. The van der Waals surface area contributed by atoms with E-state index in [2.05, 4.69) is 27.4 Å². The SMILES string of the molecule is C=C(OCC)c1nn(-c2ccc(Cl)cc2Cl)c(-c2ccc(Cl)cc2)c1C(C)(C)C. The summed E-state index contributed by atoms with van der Waals surface area (Å²) in [5.41, 5.74) is 4.09. The third-order valence-electron chi connectivity index (χ3n) is 4.47. The third-order valence-corrected chi connectivity index (χ3v) is 5.26. The Balaban J connectivity index is 2.40. The lowest BCUT2D eigenvalue weighted by Crippen LogP contribution is -2.15. The quantitative estimate of drug-likeness (QED) is 0.371. The second-order valence-corrected chi connectivity index (χ2v) is 8.97. The van der Waals surface area contributed by atoms with E-state index in [4.69, 9.17) is 44.6 Å². The maximum absolute atomic E-state index is 6.55. The van der Waals surface area contributed by atoms with Gasteiger partial charge in [0, 0.05) is 21.2 Å². The molecule has 3 rings (SSSR count). The molecule has 0 unspecified atom stereocenters. The molecule has 0 saturated carbocycles. The number of benzene rings is 2. The highest BCUT2D eigenvalue weighted by molar-refractivity contribution is 6.35. The second-order valence-electron chi connectivity index (χ2n) is 7.69. The van der Waals surface area contributed by atoms with Gasteiger partial charge in [-0.1, -0.05) is 74.3 Å². The van der Waals surface area contributed by atoms with Crippen molar-refractivity contribution in [2.24, 2.45) is 0 Å². The van der Waals surface area contributed by atoms with Crippen molar-refractivity contribution >= 4 is 40.6 Å². The Morgan fingerprint density at radius 3 is 2.21 bits per heavy atom. The topological polar surface area (TPSA) is 27.1 Å². The Labute approximate surface area is 186 Å². The van der Waals surface area contributed by atoms with Gasteiger partial charge in [-0.2, -0.15) is 5.10 Å². The van der Waals surface area contributed by atoms with Crippen LogP contribution in [-0.2, 0) is 10.2 Å². The minimum atomic E-state index is -0.235. The lowest BCUT2D eigenvalue weighted by Gasteiger charge is -2.22. The molecule has 0 aliphatic rings. The number of rotatable bonds is 5. The molecule has 0 aliphatic carbocycles. The van der Waals surface area contributed by atoms with Crippen LogP contribution in [0.2, 0.25) is 15.1 Å². The van der Waals surface area contributed by atoms with Crippen LogP contribution in [-0.4, -0.2) is 16.4 Å². The minimum Gasteiger partial charge on any atom is -0.492 e. The van der Waals surface area contributed by atoms with Crippen LogP contribution in [0.25, 0.3) is 22.7 Å². The van der Waals surface area contributed by atoms with Crippen molar-refractivity contribution < 1.29 is 4.74 Å². The predicted octanol–water partition coefficient (Wildman–Crippen LogP) is 7.80. The number of aromatic nitrogens is 2. The average Bonchev–Trinajstić information content (AvgIpc) is 3.03. The fourth-order valence-corrected chi connectivity index (χ4v) is 3.88. The summed E-state index contributed by atoms with van der Waals surface area (Å²) >= 11 is 18.8. The van der Waals surface area contributed by atoms with Crippen molar-refractivity contribution in [3.63, 3.8) is 0 Å². The molecule has 2 aromatic carbocycles. The lowest BCUT2D eigenvalue weighted by molar-refractivity contribution is 0.296. The van der Waals surface area contributed by atoms with E-state index < -0.39 is 0 Å². The van der Waals surface area contributed by atoms with E-state index in [9.17, 15) is 0 Å². The summed E-state index contributed by atoms with van der Waals surface area (Å²) in [6.07, 6.45) is 0. The van der Waals surface area contributed by atoms with Crippen molar-refractivity contribution in [3.05, 3.63) is 75.4 Å². The van der Waals surface area contributed by atoms with Gasteiger partial charge in [0.05, 0.1) is 23.0 Å². The van der Waals surface area contributed by atoms with Crippen LogP contribution < -0.4 is 0 Å². The van der Waals surface area contributed by atoms with Crippen molar-refractivity contribution in [2.45, 2.75) is 33.1 Å². The summed E-state index contributed by atoms with van der Waals surface area (Å²) in [7, 11) is 0. The molecule has 6 heteroatoms. The zero-order chi connectivity index (χ0) is 21.3. The van der Waals surface area contributed by atoms with E-state index in [0.29, 0.717) is 33.1 Å². The molecule has 0 saturated heterocycles. The standard InChI is InChI=1S/C23H23Cl3N2O/c1-6-29-14(2)21-20(23(3,4)5)22(15-7-9-16(24)10-8-15)28(27-21)19-12-11-17(25)13-18(19)26/h7-13H,2,6H2,1,3-5H3. The molecule has 0 spiro atoms. The Morgan fingerprint density at radius 1 is 1.03 bits per heavy atom. The van der Waals surface area contributed by atoms with Crippen LogP contribution in [0.5, 0.6) is 0 Å². The molecule has 0 radical (unpaired) electrons. The molecule has 3 aromatic rings. The first-order valence-electron chi connectivity index (χ1n) is 9.30. The summed E-state index contributed by atoms with van der Waals surface area (Å²) < 4.78 is 7.56. The smallest absolute Gasteiger partial charge is 0.139 e. The molecule has 0 fully saturated rings. The van der Waals surface area contributed by atoms with Crippen molar-refractivity contribution in [3.8, 4) is 16.9 Å². The minimum absolute atomic E-state index is 0.235. The second kappa shape index (κ2) is 8.43. The molecule has 0 atom stereocenters. The fourth-order valence-electron chi connectivity index (χ4n) is 3.27. The Morgan fingerprint density at radius 2 is 1.66 bits per heavy atom. The van der Waals surface area contributed by atoms with Gasteiger partial charge in [-0.25, -0.2) is 4.68 Å². The molecular formula is C23H23Cl3N2O. The molecule has 0 bridgehead atoms. The van der Waals surface area contributed by atoms with Gasteiger partial charge in [0.15, 0.2) is 0 Å². The van der Waals surface area contributed by atoms with Crippen LogP contribution in [0.4, 0.5) is 0 Å². The van der Waals surface area contributed by atoms with E-state index >= 15 is 0 Å². The molecule has 0 N–H and O–H groups in total. The van der Waals surface area contributed by atoms with E-state index in [-0.39, 0.29) is 5.41 Å². The van der Waals surface area contributed by atoms with E-state index in [0.717, 1.165) is 22.5 Å². The van der Waals surface area contributed by atoms with Crippen molar-refractivity contribution in [1.82, 2.24) is 9.78 Å². The molecule has 29 heavy (non-hydrogen) atoms. The Hall–Kier alpha value is -1.94. The summed E-state index contributed by atoms with van der Waals surface area (Å²) in [4.78, 5) is 0. The highest BCUT2D eigenvalue weighted by Gasteiger charge is 2.31. The normalized spacial score (nSPS) is 11.6. The van der Waals surface area contributed by atoms with Gasteiger partial charge in [-0.15, -0.1) is 0 Å². The fraction of sp³-hybridized carbons (Fsp3) is 0.261. The summed E-state index contributed by atoms with van der Waals surface area (Å²) in [5, 5.41) is 6.62. The van der Waals surface area contributed by atoms with Gasteiger partial charge in [-0.3, -0.25) is 0 Å². The molecule has 0 amide bonds. The summed E-state index contributed by atoms with van der Waals surface area (Å²) in [6.45, 7) is 13.0. The molecule has 3 nitrogen and oxygen atoms in total. The number of ether oxygens (including phenoxy) is 1. The zero-order valence-corrected chi connectivity index (χ0v) is 19.2. The highest BCUT2D eigenvalue weighted by Crippen LogP contribution is 2.41. The van der Waals surface area contributed by atoms with Gasteiger partial charge >= 0.3 is 0 Å². The van der Waals surface area contributed by atoms with Gasteiger partial charge in [0.1, 0.15) is 11.5 Å². The lowest BCUT2D eigenvalue weighted by atomic mass is 9.83. The highest BCUT2D eigenvalue weighted by atomic mass is 35.5. The molecule has 152 valence electrons. The molecular weight excluding hydrogens is 427 g/mol. The number of nitrogens with zero attached hydrogens (tertiary/aromatic N) is 2. The van der Waals surface area contributed by atoms with Gasteiger partial charge < -0.3 is 4.74 Å². The first kappa shape index (κ1) is 21.8. The first-order valence-corrected chi connectivity index (χ1v) is 10.4. The zero-order valence-electron chi connectivity index (χ0n) is 16.9. The summed E-state index contributed by atoms with van der Waals surface area (Å²) in [6, 6.07) is 13.0. The number of hydrogen-bond donors (Lipinski definition) is 0. The van der Waals surface area contributed by atoms with Crippen LogP contribution in [0.3, 0.4) is 0 Å². The maximum atomic E-state index is 6.55. The third kappa shape index (κ3) is 4.48. The number of hydrogen-bond acceptors (Lipinski definition) is 2. The van der Waals surface area contributed by atoms with E-state index in [1.165, 1.54) is 0 Å². The predicted molar refractivity (Wildman–Crippen MR) is 123 cm³/mol.